The molecule has 1 aliphatic carbocycles. The molecule has 18 heteroatoms. The van der Waals surface area contributed by atoms with Crippen molar-refractivity contribution in [3.05, 3.63) is 392 Å². The third-order valence-electron chi connectivity index (χ3n) is 21.2. The first-order valence-corrected chi connectivity index (χ1v) is 42.4. The number of Topliss-reactive ketones (excluding diaryl/α,β-unsaturated/α-hetero) is 2. The highest BCUT2D eigenvalue weighted by atomic mass is 16.6. The molecule has 2 aromatic heterocycles. The Kier molecular flexibility index (Phi) is 36.9. The van der Waals surface area contributed by atoms with E-state index in [0.717, 1.165) is 139 Å². The summed E-state index contributed by atoms with van der Waals surface area (Å²) in [5.74, 6) is -1.44. The molecule has 8 aromatic carbocycles. The van der Waals surface area contributed by atoms with Gasteiger partial charge in [-0.25, -0.2) is 19.3 Å². The van der Waals surface area contributed by atoms with E-state index in [-0.39, 0.29) is 65.0 Å². The molecule has 2 heterocycles. The maximum absolute atomic E-state index is 13.1. The smallest absolute Gasteiger partial charge is 0.348 e. The molecule has 127 heavy (non-hydrogen) atoms. The Bertz CT molecular complexity index is 6190. The Morgan fingerprint density at radius 2 is 0.795 bits per heavy atom. The summed E-state index contributed by atoms with van der Waals surface area (Å²) >= 11 is 0. The van der Waals surface area contributed by atoms with Crippen LogP contribution >= 0.6 is 0 Å². The van der Waals surface area contributed by atoms with Gasteiger partial charge in [0.1, 0.15) is 29.0 Å². The number of hydrogen-bond donors (Lipinski definition) is 0. The summed E-state index contributed by atoms with van der Waals surface area (Å²) in [6.07, 6.45) is 55.8. The number of ketones is 2. The summed E-state index contributed by atoms with van der Waals surface area (Å²) in [5.41, 5.74) is 12.5. The highest BCUT2D eigenvalue weighted by Gasteiger charge is 2.36. The lowest BCUT2D eigenvalue weighted by Gasteiger charge is -2.26. The Morgan fingerprint density at radius 3 is 1.17 bits per heavy atom. The van der Waals surface area contributed by atoms with Crippen molar-refractivity contribution in [3.63, 3.8) is 0 Å². The number of esters is 2. The van der Waals surface area contributed by atoms with Gasteiger partial charge in [0.2, 0.25) is 11.4 Å². The van der Waals surface area contributed by atoms with Crippen molar-refractivity contribution < 1.29 is 47.8 Å². The van der Waals surface area contributed by atoms with Crippen LogP contribution in [0.4, 0.5) is 5.69 Å². The van der Waals surface area contributed by atoms with Crippen LogP contribution in [0, 0.1) is 45.9 Å². The van der Waals surface area contributed by atoms with Crippen LogP contribution in [0.3, 0.4) is 0 Å². The minimum Gasteiger partial charge on any atom is -0.467 e. The van der Waals surface area contributed by atoms with Gasteiger partial charge in [0.15, 0.2) is 17.8 Å². The van der Waals surface area contributed by atoms with E-state index in [4.69, 9.17) is 36.8 Å². The standard InChI is InChI=1S/C55H52N4O7.C54H51N3O4/c1-5-6-7-8-9-10-13-16-19-54(66-48-30-24-43(25-31-48)21-20-42-22-28-47(29-23-42)59(62)63)58-52-32-26-44(36-46(40-56)55(61)65-35-18-15-12-11-14-17-34-64-4)37-49(52)50-38-45(27-33-53(50)58)39-51(57-3)41(2)60;1-5-6-7-8-9-10-13-16-27-52(53-45-25-19-17-23-43(45)44-24-18-20-26-46(44)53)57-50-30-28-40(34-42(38-55)54(59)61-33-22-15-12-11-14-21-32-60-4)35-47(50)48-36-41(29-31-51(48)57)37-49(56-3)39(2)58/h5-10,13,16,19-33,36-39,54H,1,11-12,14-15,17-18,34-35H2,2,4H3;5-10,13,16-20,23-31,34-37,52-53H,1,11-12,14-15,21-22,32-33H2,2,4H3/b7-6+,9-8+,13-10+,19-16+,21-20+,46-36+,51-39-;7-6+,9-8+,13-10+,27-16-,42-34+,49-37-. The number of nitrogens with zero attached hydrogens (tertiary/aromatic N) is 7. The molecule has 640 valence electrons. The fourth-order valence-corrected chi connectivity index (χ4v) is 15.0. The number of allylic oxidation sites excluding steroid dienone is 19. The van der Waals surface area contributed by atoms with Gasteiger partial charge in [-0.1, -0.05) is 265 Å². The molecular weight excluding hydrogens is 1580 g/mol. The molecule has 18 nitrogen and oxygen atoms in total. The fourth-order valence-electron chi connectivity index (χ4n) is 15.0. The number of rotatable bonds is 44. The molecule has 0 saturated heterocycles. The highest BCUT2D eigenvalue weighted by molar-refractivity contribution is 6.12. The van der Waals surface area contributed by atoms with Crippen molar-refractivity contribution in [1.82, 2.24) is 9.13 Å². The zero-order valence-corrected chi connectivity index (χ0v) is 72.1. The van der Waals surface area contributed by atoms with Crippen LogP contribution in [0.1, 0.15) is 154 Å². The number of methoxy groups -OCH3 is 2. The average molecular weight is 1690 g/mol. The van der Waals surface area contributed by atoms with E-state index in [1.807, 2.05) is 205 Å². The molecule has 0 radical (unpaired) electrons. The van der Waals surface area contributed by atoms with Gasteiger partial charge in [0, 0.05) is 78.1 Å². The number of non-ortho nitro benzene ring substituents is 1. The van der Waals surface area contributed by atoms with Gasteiger partial charge in [-0.3, -0.25) is 10.1 Å². The number of nitro groups is 1. The van der Waals surface area contributed by atoms with Gasteiger partial charge in [-0.15, -0.1) is 0 Å². The zero-order valence-electron chi connectivity index (χ0n) is 72.1. The number of carbonyl (C=O) groups is 4. The molecule has 11 rings (SSSR count). The lowest BCUT2D eigenvalue weighted by molar-refractivity contribution is -0.384. The maximum Gasteiger partial charge on any atom is 0.348 e. The first-order chi connectivity index (χ1) is 62.0. The molecule has 2 atom stereocenters. The first kappa shape index (κ1) is 94.1. The second-order valence-electron chi connectivity index (χ2n) is 30.0. The Morgan fingerprint density at radius 1 is 0.449 bits per heavy atom. The molecule has 1 aliphatic rings. The van der Waals surface area contributed by atoms with Gasteiger partial charge in [-0.05, 0) is 198 Å². The maximum atomic E-state index is 13.1. The van der Waals surface area contributed by atoms with Crippen LogP contribution in [0.5, 0.6) is 5.75 Å². The topological polar surface area (TPSA) is 224 Å². The number of nitro benzene ring substituents is 1. The highest BCUT2D eigenvalue weighted by Crippen LogP contribution is 2.52. The van der Waals surface area contributed by atoms with E-state index in [1.54, 1.807) is 56.7 Å². The fraction of sp³-hybridized carbons (Fsp3) is 0.211. The molecule has 10 aromatic rings. The number of carbonyl (C=O) groups excluding carboxylic acids is 4. The number of nitriles is 2. The van der Waals surface area contributed by atoms with Crippen LogP contribution in [0.25, 0.3) is 101 Å². The molecule has 0 bridgehead atoms. The summed E-state index contributed by atoms with van der Waals surface area (Å²) in [6.45, 7) is 27.4. The third kappa shape index (κ3) is 26.7. The molecule has 0 spiro atoms. The van der Waals surface area contributed by atoms with E-state index in [2.05, 4.69) is 94.2 Å². The largest absolute Gasteiger partial charge is 0.467 e. The van der Waals surface area contributed by atoms with Crippen LogP contribution in [0.15, 0.2) is 315 Å². The Labute approximate surface area is 743 Å². The lowest BCUT2D eigenvalue weighted by Crippen LogP contribution is -2.16. The van der Waals surface area contributed by atoms with E-state index in [9.17, 15) is 39.8 Å². The van der Waals surface area contributed by atoms with E-state index in [0.29, 0.717) is 34.4 Å². The molecule has 0 aliphatic heterocycles. The predicted molar refractivity (Wildman–Crippen MR) is 512 cm³/mol. The average Bonchev–Trinajstić information content (AvgIpc) is 1.58. The minimum absolute atomic E-state index is 0.00282. The van der Waals surface area contributed by atoms with Gasteiger partial charge in [0.25, 0.3) is 5.69 Å². The van der Waals surface area contributed by atoms with E-state index in [1.165, 1.54) is 54.3 Å². The van der Waals surface area contributed by atoms with Crippen LogP contribution in [-0.2, 0) is 38.1 Å². The summed E-state index contributed by atoms with van der Waals surface area (Å²) in [4.78, 5) is 68.3. The molecule has 0 saturated carbocycles. The number of fused-ring (bicyclic) bond motifs is 9. The lowest BCUT2D eigenvalue weighted by atomic mass is 9.88. The third-order valence-corrected chi connectivity index (χ3v) is 21.2. The minimum atomic E-state index is -0.699. The normalized spacial score (nSPS) is 13.2. The van der Waals surface area contributed by atoms with Crippen molar-refractivity contribution >= 4 is 109 Å². The second kappa shape index (κ2) is 49.8. The first-order valence-electron chi connectivity index (χ1n) is 42.4. The molecule has 0 fully saturated rings. The number of benzene rings is 8. The molecule has 2 unspecified atom stereocenters. The van der Waals surface area contributed by atoms with Gasteiger partial charge < -0.3 is 42.4 Å². The summed E-state index contributed by atoms with van der Waals surface area (Å²) in [7, 11) is 3.41. The molecular formula is C109H103N7O11. The predicted octanol–water partition coefficient (Wildman–Crippen LogP) is 26.0. The monoisotopic (exact) mass is 1690 g/mol. The van der Waals surface area contributed by atoms with E-state index >= 15 is 0 Å². The van der Waals surface area contributed by atoms with E-state index < -0.39 is 23.1 Å². The van der Waals surface area contributed by atoms with Crippen molar-refractivity contribution in [2.24, 2.45) is 0 Å². The van der Waals surface area contributed by atoms with Gasteiger partial charge in [0.05, 0.1) is 48.4 Å². The number of hydrogen-bond acceptors (Lipinski definition) is 13. The molecule has 0 amide bonds. The number of ether oxygens (including phenoxy) is 5. The Hall–Kier alpha value is -15.2. The summed E-state index contributed by atoms with van der Waals surface area (Å²) in [5, 5.41) is 34.6. The van der Waals surface area contributed by atoms with Crippen LogP contribution < -0.4 is 4.74 Å². The van der Waals surface area contributed by atoms with Crippen LogP contribution in [-0.4, -0.2) is 78.2 Å². The van der Waals surface area contributed by atoms with Crippen molar-refractivity contribution in [3.8, 4) is 29.0 Å². The Balaban J connectivity index is 0.000000266. The second-order valence-corrected chi connectivity index (χ2v) is 30.0. The number of aromatic nitrogens is 2. The van der Waals surface area contributed by atoms with Crippen molar-refractivity contribution in [2.45, 2.75) is 109 Å². The van der Waals surface area contributed by atoms with Crippen LogP contribution in [0.2, 0.25) is 0 Å². The molecule has 0 N–H and O–H groups in total. The van der Waals surface area contributed by atoms with Gasteiger partial charge in [-0.2, -0.15) is 10.5 Å². The van der Waals surface area contributed by atoms with Crippen molar-refractivity contribution in [2.75, 3.05) is 40.6 Å². The van der Waals surface area contributed by atoms with Gasteiger partial charge >= 0.3 is 11.9 Å². The summed E-state index contributed by atoms with van der Waals surface area (Å²) < 4.78 is 32.4. The number of unbranched alkanes of at least 4 members (excludes halogenated alkanes) is 10. The zero-order chi connectivity index (χ0) is 90.1. The summed E-state index contributed by atoms with van der Waals surface area (Å²) in [6, 6.07) is 58.1. The van der Waals surface area contributed by atoms with Crippen molar-refractivity contribution in [1.29, 1.82) is 10.5 Å². The quantitative estimate of drug-likeness (QED) is 0.00399. The SMILES string of the molecule is [C-]#[N+]/C(=C\c1ccc2c(c1)c1cc(/C=C(\C#N)C(=O)OCCCCCCCCOC)ccc1n2C(/C=C/C=C/C=C/C=C/C=C)Oc1ccc(/C=C/c2ccc([N+](=O)[O-])cc2)cc1)C(C)=O.[C-]#[N+]/C(=C\c1ccc2c(c1)c1cc(/C=C(\C#N)C(=O)OCCCCCCCCOC)ccc1n2C(\C=C/C=C/C=C/C=C/C=C)C1c2ccccc2-c2ccccc21)C(C)=O.